The summed E-state index contributed by atoms with van der Waals surface area (Å²) in [6.45, 7) is 0. The van der Waals surface area contributed by atoms with Gasteiger partial charge in [-0.25, -0.2) is 14.0 Å². The van der Waals surface area contributed by atoms with Gasteiger partial charge in [0, 0.05) is 0 Å². The van der Waals surface area contributed by atoms with Crippen LogP contribution in [0.3, 0.4) is 0 Å². The first kappa shape index (κ1) is 12.3. The summed E-state index contributed by atoms with van der Waals surface area (Å²) in [6, 6.07) is 0. The molecule has 0 spiro atoms. The quantitative estimate of drug-likeness (QED) is 0.443. The van der Waals surface area contributed by atoms with E-state index in [0.717, 1.165) is 0 Å². The molecule has 0 bridgehead atoms. The van der Waals surface area contributed by atoms with Crippen LogP contribution in [-0.2, 0) is 14.4 Å². The normalized spacial score (nSPS) is 16.7. The number of carboxylic acid groups (broad SMARTS) is 3. The van der Waals surface area contributed by atoms with Crippen LogP contribution in [0.2, 0.25) is 0 Å². The van der Waals surface area contributed by atoms with Crippen LogP contribution in [0.25, 0.3) is 0 Å². The Kier molecular flexibility index (Phi) is 3.52. The van der Waals surface area contributed by atoms with Crippen molar-refractivity contribution in [1.82, 2.24) is 0 Å². The van der Waals surface area contributed by atoms with E-state index in [1.807, 2.05) is 0 Å². The lowest BCUT2D eigenvalue weighted by molar-refractivity contribution is -0.180. The SMILES string of the molecule is O=C(O)CC(O)(C(=O)O)C(F)C(=O)O. The Hall–Kier alpha value is -1.70. The Morgan fingerprint density at radius 3 is 1.86 bits per heavy atom. The molecule has 0 saturated heterocycles. The van der Waals surface area contributed by atoms with Gasteiger partial charge in [0.25, 0.3) is 0 Å². The maximum atomic E-state index is 12.7. The number of alkyl halides is 1. The van der Waals surface area contributed by atoms with Crippen LogP contribution in [0, 0.1) is 0 Å². The van der Waals surface area contributed by atoms with Gasteiger partial charge in [0.2, 0.25) is 11.8 Å². The Morgan fingerprint density at radius 1 is 1.21 bits per heavy atom. The van der Waals surface area contributed by atoms with E-state index in [1.165, 1.54) is 0 Å². The second-order valence-corrected chi connectivity index (χ2v) is 2.50. The lowest BCUT2D eigenvalue weighted by Gasteiger charge is -2.22. The summed E-state index contributed by atoms with van der Waals surface area (Å²) in [6.07, 6.45) is -4.73. The van der Waals surface area contributed by atoms with Crippen molar-refractivity contribution in [2.45, 2.75) is 18.2 Å². The molecule has 0 aromatic heterocycles. The molecular formula is C6H7FO7. The highest BCUT2D eigenvalue weighted by Gasteiger charge is 2.51. The van der Waals surface area contributed by atoms with Gasteiger partial charge in [-0.15, -0.1) is 0 Å². The van der Waals surface area contributed by atoms with Crippen LogP contribution in [0.15, 0.2) is 0 Å². The monoisotopic (exact) mass is 210 g/mol. The molecule has 7 nitrogen and oxygen atoms in total. The molecule has 0 aromatic carbocycles. The van der Waals surface area contributed by atoms with Crippen LogP contribution in [0.4, 0.5) is 4.39 Å². The first-order valence-corrected chi connectivity index (χ1v) is 3.26. The van der Waals surface area contributed by atoms with Crippen LogP contribution < -0.4 is 0 Å². The molecule has 4 N–H and O–H groups in total. The predicted octanol–water partition coefficient (Wildman–Crippen LogP) is -1.30. The third-order valence-corrected chi connectivity index (χ3v) is 1.43. The minimum atomic E-state index is -3.45. The third-order valence-electron chi connectivity index (χ3n) is 1.43. The summed E-state index contributed by atoms with van der Waals surface area (Å²) in [5.74, 6) is -6.30. The predicted molar refractivity (Wildman–Crippen MR) is 37.4 cm³/mol. The van der Waals surface area contributed by atoms with Gasteiger partial charge in [0.05, 0.1) is 6.42 Å². The minimum absolute atomic E-state index is 1.53. The topological polar surface area (TPSA) is 132 Å². The van der Waals surface area contributed by atoms with Gasteiger partial charge in [0.15, 0.2) is 0 Å². The average Bonchev–Trinajstić information content (AvgIpc) is 2.00. The number of hydrogen-bond acceptors (Lipinski definition) is 4. The minimum Gasteiger partial charge on any atom is -0.481 e. The van der Waals surface area contributed by atoms with Crippen molar-refractivity contribution in [1.29, 1.82) is 0 Å². The average molecular weight is 210 g/mol. The molecule has 14 heavy (non-hydrogen) atoms. The third kappa shape index (κ3) is 2.39. The summed E-state index contributed by atoms with van der Waals surface area (Å²) in [7, 11) is 0. The molecule has 0 radical (unpaired) electrons. The highest BCUT2D eigenvalue weighted by Crippen LogP contribution is 2.19. The second kappa shape index (κ2) is 4.01. The summed E-state index contributed by atoms with van der Waals surface area (Å²) in [4.78, 5) is 30.4. The molecule has 0 heterocycles. The van der Waals surface area contributed by atoms with Crippen LogP contribution in [0.1, 0.15) is 6.42 Å². The first-order chi connectivity index (χ1) is 6.21. The van der Waals surface area contributed by atoms with Crippen molar-refractivity contribution in [3.8, 4) is 0 Å². The van der Waals surface area contributed by atoms with Crippen molar-refractivity contribution in [2.75, 3.05) is 0 Å². The lowest BCUT2D eigenvalue weighted by atomic mass is 9.94. The van der Waals surface area contributed by atoms with Crippen molar-refractivity contribution >= 4 is 17.9 Å². The van der Waals surface area contributed by atoms with E-state index in [4.69, 9.17) is 20.4 Å². The summed E-state index contributed by atoms with van der Waals surface area (Å²) in [5, 5.41) is 33.5. The smallest absolute Gasteiger partial charge is 0.342 e. The lowest BCUT2D eigenvalue weighted by Crippen LogP contribution is -2.52. The van der Waals surface area contributed by atoms with E-state index in [-0.39, 0.29) is 0 Å². The fourth-order valence-electron chi connectivity index (χ4n) is 0.708. The molecule has 80 valence electrons. The highest BCUT2D eigenvalue weighted by molar-refractivity contribution is 5.90. The zero-order chi connectivity index (χ0) is 11.5. The number of halogens is 1. The van der Waals surface area contributed by atoms with Gasteiger partial charge in [-0.3, -0.25) is 4.79 Å². The van der Waals surface area contributed by atoms with Crippen LogP contribution >= 0.6 is 0 Å². The van der Waals surface area contributed by atoms with Gasteiger partial charge in [-0.2, -0.15) is 0 Å². The van der Waals surface area contributed by atoms with Crippen molar-refractivity contribution < 1.29 is 39.2 Å². The van der Waals surface area contributed by atoms with Crippen molar-refractivity contribution in [3.63, 3.8) is 0 Å². The second-order valence-electron chi connectivity index (χ2n) is 2.50. The molecule has 0 aliphatic heterocycles. The molecule has 0 fully saturated rings. The molecule has 0 aliphatic carbocycles. The Morgan fingerprint density at radius 2 is 1.64 bits per heavy atom. The van der Waals surface area contributed by atoms with Gasteiger partial charge in [-0.1, -0.05) is 0 Å². The van der Waals surface area contributed by atoms with Crippen molar-refractivity contribution in [2.24, 2.45) is 0 Å². The van der Waals surface area contributed by atoms with E-state index in [0.29, 0.717) is 0 Å². The Bertz CT molecular complexity index is 275. The standard InChI is InChI=1S/C6H7FO7/c7-3(4(10)11)6(14,5(12)13)1-2(8)9/h3,14H,1H2,(H,8,9)(H,10,11)(H,12,13). The van der Waals surface area contributed by atoms with E-state index < -0.39 is 36.1 Å². The first-order valence-electron chi connectivity index (χ1n) is 3.26. The summed E-state index contributed by atoms with van der Waals surface area (Å²) in [5.41, 5.74) is -3.45. The van der Waals surface area contributed by atoms with E-state index in [1.54, 1.807) is 0 Å². The van der Waals surface area contributed by atoms with Gasteiger partial charge in [-0.05, 0) is 0 Å². The molecule has 0 amide bonds. The zero-order valence-corrected chi connectivity index (χ0v) is 6.68. The highest BCUT2D eigenvalue weighted by atomic mass is 19.1. The fourth-order valence-corrected chi connectivity index (χ4v) is 0.708. The van der Waals surface area contributed by atoms with Gasteiger partial charge in [0.1, 0.15) is 0 Å². The summed E-state index contributed by atoms with van der Waals surface area (Å²) >= 11 is 0. The Labute approximate surface area is 76.4 Å². The van der Waals surface area contributed by atoms with E-state index >= 15 is 0 Å². The molecule has 0 aromatic rings. The maximum Gasteiger partial charge on any atom is 0.342 e. The number of carbonyl (C=O) groups is 3. The van der Waals surface area contributed by atoms with Crippen molar-refractivity contribution in [3.05, 3.63) is 0 Å². The van der Waals surface area contributed by atoms with Gasteiger partial charge < -0.3 is 20.4 Å². The molecular weight excluding hydrogens is 203 g/mol. The molecule has 0 rings (SSSR count). The largest absolute Gasteiger partial charge is 0.481 e. The zero-order valence-electron chi connectivity index (χ0n) is 6.68. The molecule has 2 unspecified atom stereocenters. The summed E-state index contributed by atoms with van der Waals surface area (Å²) < 4.78 is 12.7. The van der Waals surface area contributed by atoms with E-state index in [9.17, 15) is 18.8 Å². The number of carboxylic acids is 3. The maximum absolute atomic E-state index is 12.7. The fraction of sp³-hybridized carbons (Fsp3) is 0.500. The number of aliphatic carboxylic acids is 3. The molecule has 8 heteroatoms. The molecule has 0 saturated carbocycles. The molecule has 0 aliphatic rings. The van der Waals surface area contributed by atoms with Crippen LogP contribution in [0.5, 0.6) is 0 Å². The number of rotatable bonds is 5. The Balaban J connectivity index is 4.99. The van der Waals surface area contributed by atoms with Crippen LogP contribution in [-0.4, -0.2) is 50.1 Å². The van der Waals surface area contributed by atoms with E-state index in [2.05, 4.69) is 0 Å². The number of hydrogen-bond donors (Lipinski definition) is 4. The molecule has 2 atom stereocenters. The van der Waals surface area contributed by atoms with Gasteiger partial charge >= 0.3 is 17.9 Å². The number of aliphatic hydroxyl groups is 1.